The summed E-state index contributed by atoms with van der Waals surface area (Å²) in [7, 11) is 2.15. The van der Waals surface area contributed by atoms with E-state index in [0.717, 1.165) is 25.9 Å². The molecule has 1 heterocycles. The number of hydrogen-bond acceptors (Lipinski definition) is 1. The number of nitrogens with one attached hydrogen (secondary N) is 3. The molecule has 1 fully saturated rings. The fourth-order valence-corrected chi connectivity index (χ4v) is 2.36. The van der Waals surface area contributed by atoms with Gasteiger partial charge in [0.25, 0.3) is 0 Å². The van der Waals surface area contributed by atoms with Crippen molar-refractivity contribution in [2.75, 3.05) is 25.5 Å². The van der Waals surface area contributed by atoms with Crippen LogP contribution in [-0.4, -0.2) is 32.2 Å². The highest BCUT2D eigenvalue weighted by Crippen LogP contribution is 2.19. The molecule has 1 aliphatic rings. The fourth-order valence-electron chi connectivity index (χ4n) is 2.18. The summed E-state index contributed by atoms with van der Waals surface area (Å²) < 4.78 is 13.0. The Labute approximate surface area is 116 Å². The molecule has 1 aliphatic heterocycles. The summed E-state index contributed by atoms with van der Waals surface area (Å²) in [5.74, 6) is -0.495. The van der Waals surface area contributed by atoms with Gasteiger partial charge in [0, 0.05) is 24.6 Å². The lowest BCUT2D eigenvalue weighted by molar-refractivity contribution is -0.884. The van der Waals surface area contributed by atoms with Crippen molar-refractivity contribution in [3.05, 3.63) is 29.0 Å². The van der Waals surface area contributed by atoms with Gasteiger partial charge < -0.3 is 15.5 Å². The number of halogens is 2. The van der Waals surface area contributed by atoms with E-state index in [9.17, 15) is 9.18 Å². The second-order valence-corrected chi connectivity index (χ2v) is 5.37. The van der Waals surface area contributed by atoms with Crippen molar-refractivity contribution < 1.29 is 14.1 Å². The normalized spacial score (nSPS) is 22.9. The molecular formula is C13H18ClFN3O+. The number of urea groups is 1. The predicted octanol–water partition coefficient (Wildman–Crippen LogP) is 1.28. The summed E-state index contributed by atoms with van der Waals surface area (Å²) >= 11 is 5.66. The molecule has 1 aromatic carbocycles. The van der Waals surface area contributed by atoms with E-state index in [-0.39, 0.29) is 17.1 Å². The first-order valence-corrected chi connectivity index (χ1v) is 6.76. The Hall–Kier alpha value is -1.33. The number of amides is 2. The highest BCUT2D eigenvalue weighted by molar-refractivity contribution is 6.31. The molecule has 0 bridgehead atoms. The van der Waals surface area contributed by atoms with Gasteiger partial charge in [-0.05, 0) is 18.2 Å². The van der Waals surface area contributed by atoms with Gasteiger partial charge in [-0.3, -0.25) is 0 Å². The zero-order chi connectivity index (χ0) is 13.8. The first-order chi connectivity index (χ1) is 9.04. The fraction of sp³-hybridized carbons (Fsp3) is 0.462. The number of rotatable bonds is 2. The predicted molar refractivity (Wildman–Crippen MR) is 73.2 cm³/mol. The van der Waals surface area contributed by atoms with Gasteiger partial charge in [0.05, 0.1) is 25.2 Å². The summed E-state index contributed by atoms with van der Waals surface area (Å²) in [6.45, 7) is 2.13. The van der Waals surface area contributed by atoms with E-state index in [2.05, 4.69) is 17.7 Å². The van der Waals surface area contributed by atoms with Gasteiger partial charge in [-0.2, -0.15) is 0 Å². The van der Waals surface area contributed by atoms with Crippen LogP contribution in [0, 0.1) is 5.82 Å². The molecule has 104 valence electrons. The van der Waals surface area contributed by atoms with Crippen LogP contribution in [-0.2, 0) is 0 Å². The molecule has 6 heteroatoms. The molecule has 0 aliphatic carbocycles. The lowest BCUT2D eigenvalue weighted by Crippen LogP contribution is -3.10. The van der Waals surface area contributed by atoms with Crippen molar-refractivity contribution in [2.24, 2.45) is 0 Å². The zero-order valence-electron chi connectivity index (χ0n) is 10.8. The van der Waals surface area contributed by atoms with Crippen molar-refractivity contribution in [3.8, 4) is 0 Å². The van der Waals surface area contributed by atoms with Crippen LogP contribution in [0.5, 0.6) is 0 Å². The first kappa shape index (κ1) is 14.1. The monoisotopic (exact) mass is 286 g/mol. The number of anilines is 1. The number of quaternary nitrogens is 1. The lowest BCUT2D eigenvalue weighted by atomic mass is 10.1. The van der Waals surface area contributed by atoms with Crippen LogP contribution in [0.25, 0.3) is 0 Å². The van der Waals surface area contributed by atoms with Crippen LogP contribution in [0.1, 0.15) is 12.8 Å². The van der Waals surface area contributed by atoms with Crippen molar-refractivity contribution in [2.45, 2.75) is 18.9 Å². The topological polar surface area (TPSA) is 45.6 Å². The Balaban J connectivity index is 1.85. The molecule has 19 heavy (non-hydrogen) atoms. The van der Waals surface area contributed by atoms with E-state index in [4.69, 9.17) is 11.6 Å². The molecule has 0 spiro atoms. The first-order valence-electron chi connectivity index (χ1n) is 6.38. The standard InChI is InChI=1S/C13H17ClFN3O/c1-18-6-4-9(5-7-18)16-13(19)17-10-2-3-12(15)11(14)8-10/h2-3,8-9H,4-7H2,1H3,(H2,16,17,19)/p+1. The third-order valence-corrected chi connectivity index (χ3v) is 3.64. The Morgan fingerprint density at radius 2 is 2.11 bits per heavy atom. The molecule has 0 radical (unpaired) electrons. The van der Waals surface area contributed by atoms with Gasteiger partial charge in [-0.25, -0.2) is 9.18 Å². The van der Waals surface area contributed by atoms with Crippen LogP contribution >= 0.6 is 11.6 Å². The van der Waals surface area contributed by atoms with Crippen LogP contribution in [0.15, 0.2) is 18.2 Å². The van der Waals surface area contributed by atoms with E-state index in [1.165, 1.54) is 23.1 Å². The average Bonchev–Trinajstić information content (AvgIpc) is 2.37. The van der Waals surface area contributed by atoms with E-state index >= 15 is 0 Å². The van der Waals surface area contributed by atoms with Crippen molar-refractivity contribution in [1.82, 2.24) is 5.32 Å². The minimum atomic E-state index is -0.495. The molecule has 2 amide bonds. The molecule has 0 unspecified atom stereocenters. The van der Waals surface area contributed by atoms with E-state index in [0.29, 0.717) is 5.69 Å². The van der Waals surface area contributed by atoms with E-state index in [1.54, 1.807) is 0 Å². The number of benzene rings is 1. The molecule has 0 aromatic heterocycles. The van der Waals surface area contributed by atoms with Crippen LogP contribution in [0.3, 0.4) is 0 Å². The van der Waals surface area contributed by atoms with Crippen LogP contribution < -0.4 is 15.5 Å². The van der Waals surface area contributed by atoms with Crippen molar-refractivity contribution in [3.63, 3.8) is 0 Å². The molecule has 0 saturated carbocycles. The second-order valence-electron chi connectivity index (χ2n) is 4.96. The van der Waals surface area contributed by atoms with Crippen LogP contribution in [0.4, 0.5) is 14.9 Å². The van der Waals surface area contributed by atoms with Gasteiger partial charge in [0.15, 0.2) is 0 Å². The minimum Gasteiger partial charge on any atom is -0.337 e. The maximum absolute atomic E-state index is 13.0. The highest BCUT2D eigenvalue weighted by atomic mass is 35.5. The largest absolute Gasteiger partial charge is 0.337 e. The minimum absolute atomic E-state index is 0.000640. The molecule has 2 rings (SSSR count). The number of piperidine rings is 1. The summed E-state index contributed by atoms with van der Waals surface area (Å²) in [5.41, 5.74) is 0.488. The zero-order valence-corrected chi connectivity index (χ0v) is 11.6. The molecule has 3 N–H and O–H groups in total. The summed E-state index contributed by atoms with van der Waals surface area (Å²) in [6, 6.07) is 4.05. The number of likely N-dealkylation sites (tertiary alicyclic amines) is 1. The average molecular weight is 287 g/mol. The smallest absolute Gasteiger partial charge is 0.319 e. The highest BCUT2D eigenvalue weighted by Gasteiger charge is 2.20. The van der Waals surface area contributed by atoms with Gasteiger partial charge in [-0.15, -0.1) is 0 Å². The summed E-state index contributed by atoms with van der Waals surface area (Å²) in [4.78, 5) is 13.3. The van der Waals surface area contributed by atoms with Gasteiger partial charge in [0.1, 0.15) is 5.82 Å². The maximum Gasteiger partial charge on any atom is 0.319 e. The van der Waals surface area contributed by atoms with E-state index < -0.39 is 5.82 Å². The van der Waals surface area contributed by atoms with Crippen molar-refractivity contribution >= 4 is 23.3 Å². The molecule has 1 saturated heterocycles. The van der Waals surface area contributed by atoms with Gasteiger partial charge in [-0.1, -0.05) is 11.6 Å². The number of hydrogen-bond donors (Lipinski definition) is 3. The summed E-state index contributed by atoms with van der Waals surface area (Å²) in [5, 5.41) is 5.58. The summed E-state index contributed by atoms with van der Waals surface area (Å²) in [6.07, 6.45) is 1.95. The second kappa shape index (κ2) is 6.21. The Bertz CT molecular complexity index is 461. The SMILES string of the molecule is C[NH+]1CCC(NC(=O)Nc2ccc(F)c(Cl)c2)CC1. The van der Waals surface area contributed by atoms with Crippen LogP contribution in [0.2, 0.25) is 5.02 Å². The third kappa shape index (κ3) is 4.08. The molecule has 1 aromatic rings. The van der Waals surface area contributed by atoms with Gasteiger partial charge >= 0.3 is 6.03 Å². The Morgan fingerprint density at radius 3 is 2.74 bits per heavy atom. The molecule has 4 nitrogen and oxygen atoms in total. The number of carbonyl (C=O) groups is 1. The molecule has 0 atom stereocenters. The van der Waals surface area contributed by atoms with E-state index in [1.807, 2.05) is 0 Å². The quantitative estimate of drug-likeness (QED) is 0.753. The van der Waals surface area contributed by atoms with Crippen molar-refractivity contribution in [1.29, 1.82) is 0 Å². The Kier molecular flexibility index (Phi) is 4.61. The maximum atomic E-state index is 13.0. The Morgan fingerprint density at radius 1 is 1.42 bits per heavy atom. The molecular weight excluding hydrogens is 269 g/mol. The third-order valence-electron chi connectivity index (χ3n) is 3.35. The number of carbonyl (C=O) groups excluding carboxylic acids is 1. The van der Waals surface area contributed by atoms with Gasteiger partial charge in [0.2, 0.25) is 0 Å². The lowest BCUT2D eigenvalue weighted by Gasteiger charge is -2.27.